The van der Waals surface area contributed by atoms with Crippen molar-refractivity contribution in [3.63, 3.8) is 0 Å². The number of pyridine rings is 1. The zero-order chi connectivity index (χ0) is 12.0. The molecule has 3 unspecified atom stereocenters. The van der Waals surface area contributed by atoms with Crippen molar-refractivity contribution >= 4 is 11.1 Å². The highest BCUT2D eigenvalue weighted by Gasteiger charge is 2.12. The van der Waals surface area contributed by atoms with Crippen LogP contribution in [-0.2, 0) is 17.5 Å². The van der Waals surface area contributed by atoms with E-state index < -0.39 is 11.1 Å². The Kier molecular flexibility index (Phi) is 5.59. The van der Waals surface area contributed by atoms with Crippen LogP contribution in [0.2, 0.25) is 0 Å². The molecule has 0 fully saturated rings. The molecule has 3 N–H and O–H groups in total. The predicted molar refractivity (Wildman–Crippen MR) is 65.3 cm³/mol. The van der Waals surface area contributed by atoms with Crippen molar-refractivity contribution in [2.45, 2.75) is 25.8 Å². The molecule has 0 saturated heterocycles. The molecule has 1 aromatic heterocycles. The molecule has 3 atom stereocenters. The minimum absolute atomic E-state index is 0.0164. The highest BCUT2D eigenvalue weighted by Crippen LogP contribution is 2.10. The van der Waals surface area contributed by atoms with E-state index in [0.717, 1.165) is 18.4 Å². The Morgan fingerprint density at radius 1 is 1.62 bits per heavy atom. The van der Waals surface area contributed by atoms with E-state index in [0.29, 0.717) is 5.75 Å². The van der Waals surface area contributed by atoms with Crippen LogP contribution in [0.3, 0.4) is 0 Å². The van der Waals surface area contributed by atoms with Crippen LogP contribution in [-0.4, -0.2) is 25.5 Å². The lowest BCUT2D eigenvalue weighted by atomic mass is 9.99. The standard InChI is InChI=1S/C11H18N2O2S/c1-9(8-16(14)15)5-11(12)6-10-3-2-4-13-7-10/h2-4,7,9,11H,5-6,8,12H2,1H3,(H,14,15). The van der Waals surface area contributed by atoms with Crippen LogP contribution >= 0.6 is 0 Å². The van der Waals surface area contributed by atoms with Crippen LogP contribution in [0.5, 0.6) is 0 Å². The maximum Gasteiger partial charge on any atom is 0.153 e. The van der Waals surface area contributed by atoms with Crippen LogP contribution in [0.1, 0.15) is 18.9 Å². The van der Waals surface area contributed by atoms with E-state index in [2.05, 4.69) is 4.98 Å². The lowest BCUT2D eigenvalue weighted by molar-refractivity contribution is 0.480. The Balaban J connectivity index is 2.36. The number of hydrogen-bond acceptors (Lipinski definition) is 3. The Morgan fingerprint density at radius 2 is 2.38 bits per heavy atom. The first kappa shape index (κ1) is 13.3. The van der Waals surface area contributed by atoms with Gasteiger partial charge in [-0.05, 0) is 30.4 Å². The molecule has 0 saturated carbocycles. The van der Waals surface area contributed by atoms with Crippen molar-refractivity contribution in [3.05, 3.63) is 30.1 Å². The number of rotatable bonds is 6. The summed E-state index contributed by atoms with van der Waals surface area (Å²) in [4.78, 5) is 4.02. The van der Waals surface area contributed by atoms with E-state index in [1.165, 1.54) is 0 Å². The van der Waals surface area contributed by atoms with Gasteiger partial charge in [-0.15, -0.1) is 0 Å². The monoisotopic (exact) mass is 242 g/mol. The summed E-state index contributed by atoms with van der Waals surface area (Å²) in [5.74, 6) is 0.457. The fourth-order valence-electron chi connectivity index (χ4n) is 1.73. The summed E-state index contributed by atoms with van der Waals surface area (Å²) in [6.45, 7) is 1.94. The summed E-state index contributed by atoms with van der Waals surface area (Å²) in [7, 11) is 0. The van der Waals surface area contributed by atoms with Gasteiger partial charge in [0.2, 0.25) is 0 Å². The fraction of sp³-hybridized carbons (Fsp3) is 0.545. The van der Waals surface area contributed by atoms with Crippen LogP contribution in [0.15, 0.2) is 24.5 Å². The average molecular weight is 242 g/mol. The average Bonchev–Trinajstić information content (AvgIpc) is 2.17. The molecule has 0 radical (unpaired) electrons. The van der Waals surface area contributed by atoms with Crippen molar-refractivity contribution in [1.29, 1.82) is 0 Å². The molecule has 5 heteroatoms. The number of nitrogens with two attached hydrogens (primary N) is 1. The second-order valence-corrected chi connectivity index (χ2v) is 5.13. The fourth-order valence-corrected chi connectivity index (χ4v) is 2.36. The molecule has 1 heterocycles. The van der Waals surface area contributed by atoms with Crippen molar-refractivity contribution in [3.8, 4) is 0 Å². The number of aromatic nitrogens is 1. The normalized spacial score (nSPS) is 16.7. The number of hydrogen-bond donors (Lipinski definition) is 2. The maximum atomic E-state index is 10.6. The van der Waals surface area contributed by atoms with E-state index in [9.17, 15) is 4.21 Å². The molecule has 0 amide bonds. The quantitative estimate of drug-likeness (QED) is 0.735. The van der Waals surface area contributed by atoms with Gasteiger partial charge >= 0.3 is 0 Å². The predicted octanol–water partition coefficient (Wildman–Crippen LogP) is 1.20. The van der Waals surface area contributed by atoms with Gasteiger partial charge in [-0.3, -0.25) is 4.98 Å². The van der Waals surface area contributed by atoms with Gasteiger partial charge in [-0.1, -0.05) is 13.0 Å². The van der Waals surface area contributed by atoms with Crippen molar-refractivity contribution < 1.29 is 8.76 Å². The van der Waals surface area contributed by atoms with Gasteiger partial charge in [0, 0.05) is 18.4 Å². The van der Waals surface area contributed by atoms with Gasteiger partial charge in [0.05, 0.1) is 5.75 Å². The van der Waals surface area contributed by atoms with Crippen molar-refractivity contribution in [2.24, 2.45) is 11.7 Å². The molecule has 0 aromatic carbocycles. The van der Waals surface area contributed by atoms with E-state index >= 15 is 0 Å². The molecule has 0 bridgehead atoms. The Labute approximate surface area is 98.6 Å². The summed E-state index contributed by atoms with van der Waals surface area (Å²) < 4.78 is 19.4. The lowest BCUT2D eigenvalue weighted by Crippen LogP contribution is -2.27. The Hall–Kier alpha value is -0.780. The van der Waals surface area contributed by atoms with E-state index in [-0.39, 0.29) is 12.0 Å². The molecule has 0 aliphatic carbocycles. The molecular weight excluding hydrogens is 224 g/mol. The molecule has 4 nitrogen and oxygen atoms in total. The molecule has 1 aromatic rings. The first-order valence-corrected chi connectivity index (χ1v) is 6.57. The van der Waals surface area contributed by atoms with Gasteiger partial charge < -0.3 is 10.3 Å². The smallest absolute Gasteiger partial charge is 0.153 e. The molecular formula is C11H18N2O2S. The minimum Gasteiger partial charge on any atom is -0.327 e. The third-order valence-electron chi connectivity index (χ3n) is 2.35. The SMILES string of the molecule is CC(CC(N)Cc1cccnc1)CS(=O)O. The van der Waals surface area contributed by atoms with Gasteiger partial charge in [-0.25, -0.2) is 4.21 Å². The molecule has 1 rings (SSSR count). The molecule has 0 aliphatic heterocycles. The highest BCUT2D eigenvalue weighted by molar-refractivity contribution is 7.79. The summed E-state index contributed by atoms with van der Waals surface area (Å²) in [5.41, 5.74) is 7.08. The lowest BCUT2D eigenvalue weighted by Gasteiger charge is -2.15. The van der Waals surface area contributed by atoms with Crippen LogP contribution < -0.4 is 5.73 Å². The third kappa shape index (κ3) is 5.34. The molecule has 16 heavy (non-hydrogen) atoms. The zero-order valence-corrected chi connectivity index (χ0v) is 10.2. The van der Waals surface area contributed by atoms with Crippen LogP contribution in [0, 0.1) is 5.92 Å². The van der Waals surface area contributed by atoms with E-state index in [1.54, 1.807) is 12.4 Å². The summed E-state index contributed by atoms with van der Waals surface area (Å²) in [6, 6.07) is 3.89. The summed E-state index contributed by atoms with van der Waals surface area (Å²) in [6.07, 6.45) is 5.04. The van der Waals surface area contributed by atoms with Crippen molar-refractivity contribution in [1.82, 2.24) is 4.98 Å². The summed E-state index contributed by atoms with van der Waals surface area (Å²) >= 11 is -1.73. The minimum atomic E-state index is -1.73. The Bertz CT molecular complexity index is 332. The third-order valence-corrected chi connectivity index (χ3v) is 3.21. The van der Waals surface area contributed by atoms with E-state index in [1.807, 2.05) is 19.1 Å². The molecule has 0 aliphatic rings. The number of nitrogens with zero attached hydrogens (tertiary/aromatic N) is 1. The second kappa shape index (κ2) is 6.73. The second-order valence-electron chi connectivity index (χ2n) is 4.15. The van der Waals surface area contributed by atoms with Crippen molar-refractivity contribution in [2.75, 3.05) is 5.75 Å². The van der Waals surface area contributed by atoms with Crippen LogP contribution in [0.25, 0.3) is 0 Å². The zero-order valence-electron chi connectivity index (χ0n) is 9.37. The summed E-state index contributed by atoms with van der Waals surface area (Å²) in [5, 5.41) is 0. The van der Waals surface area contributed by atoms with E-state index in [4.69, 9.17) is 10.3 Å². The first-order valence-electron chi connectivity index (χ1n) is 5.30. The highest BCUT2D eigenvalue weighted by atomic mass is 32.2. The largest absolute Gasteiger partial charge is 0.327 e. The van der Waals surface area contributed by atoms with Gasteiger partial charge in [0.25, 0.3) is 0 Å². The topological polar surface area (TPSA) is 76.2 Å². The van der Waals surface area contributed by atoms with Crippen LogP contribution in [0.4, 0.5) is 0 Å². The van der Waals surface area contributed by atoms with Gasteiger partial charge in [0.15, 0.2) is 11.1 Å². The molecule has 90 valence electrons. The Morgan fingerprint density at radius 3 is 2.94 bits per heavy atom. The maximum absolute atomic E-state index is 10.6. The first-order chi connectivity index (χ1) is 7.58. The molecule has 0 spiro atoms. The van der Waals surface area contributed by atoms with Gasteiger partial charge in [-0.2, -0.15) is 0 Å². The van der Waals surface area contributed by atoms with Gasteiger partial charge in [0.1, 0.15) is 0 Å².